The first-order valence-corrected chi connectivity index (χ1v) is 6.44. The van der Waals surface area contributed by atoms with Crippen LogP contribution in [0.15, 0.2) is 18.2 Å². The Kier molecular flexibility index (Phi) is 6.48. The normalized spacial score (nSPS) is 9.81. The highest BCUT2D eigenvalue weighted by molar-refractivity contribution is 6.31. The summed E-state index contributed by atoms with van der Waals surface area (Å²) in [4.78, 5) is 32.8. The molecule has 0 saturated heterocycles. The number of ether oxygens (including phenoxy) is 1. The van der Waals surface area contributed by atoms with Crippen molar-refractivity contribution in [3.8, 4) is 5.75 Å². The van der Waals surface area contributed by atoms with E-state index in [1.165, 1.54) is 0 Å². The van der Waals surface area contributed by atoms with Crippen LogP contribution in [0.2, 0.25) is 5.02 Å². The minimum absolute atomic E-state index is 0.215. The van der Waals surface area contributed by atoms with Crippen LogP contribution in [0.1, 0.15) is 18.4 Å². The van der Waals surface area contributed by atoms with E-state index in [1.54, 1.807) is 25.1 Å². The lowest BCUT2D eigenvalue weighted by Crippen LogP contribution is -2.43. The second-order valence-corrected chi connectivity index (χ2v) is 4.60. The summed E-state index contributed by atoms with van der Waals surface area (Å²) < 4.78 is 5.22. The van der Waals surface area contributed by atoms with Gasteiger partial charge >= 0.3 is 5.97 Å². The molecule has 8 heteroatoms. The molecule has 0 aliphatic heterocycles. The average Bonchev–Trinajstić information content (AvgIpc) is 2.44. The number of hydrogen-bond donors (Lipinski definition) is 3. The van der Waals surface area contributed by atoms with Gasteiger partial charge in [-0.1, -0.05) is 11.6 Å². The molecule has 114 valence electrons. The Balaban J connectivity index is 2.29. The number of carboxylic acids is 1. The third-order valence-corrected chi connectivity index (χ3v) is 2.83. The van der Waals surface area contributed by atoms with E-state index in [9.17, 15) is 14.4 Å². The molecule has 0 bridgehead atoms. The number of carbonyl (C=O) groups is 3. The largest absolute Gasteiger partial charge is 0.484 e. The molecule has 0 aliphatic carbocycles. The minimum atomic E-state index is -1.09. The highest BCUT2D eigenvalue weighted by Gasteiger charge is 2.08. The fraction of sp³-hybridized carbons (Fsp3) is 0.308. The first-order chi connectivity index (χ1) is 9.88. The van der Waals surface area contributed by atoms with Crippen LogP contribution >= 0.6 is 11.6 Å². The lowest BCUT2D eigenvalue weighted by Gasteiger charge is -2.09. The van der Waals surface area contributed by atoms with E-state index in [0.717, 1.165) is 5.56 Å². The van der Waals surface area contributed by atoms with Crippen molar-refractivity contribution in [1.82, 2.24) is 10.9 Å². The first-order valence-electron chi connectivity index (χ1n) is 6.07. The van der Waals surface area contributed by atoms with Crippen molar-refractivity contribution in [3.63, 3.8) is 0 Å². The molecule has 7 nitrogen and oxygen atoms in total. The van der Waals surface area contributed by atoms with Crippen molar-refractivity contribution in [2.24, 2.45) is 0 Å². The number of aliphatic carboxylic acids is 1. The molecule has 0 saturated carbocycles. The van der Waals surface area contributed by atoms with Gasteiger partial charge < -0.3 is 9.84 Å². The average molecular weight is 315 g/mol. The van der Waals surface area contributed by atoms with Gasteiger partial charge in [-0.3, -0.25) is 25.2 Å². The van der Waals surface area contributed by atoms with Crippen LogP contribution in [-0.4, -0.2) is 29.5 Å². The number of aryl methyl sites for hydroxylation is 1. The Morgan fingerprint density at radius 1 is 1.19 bits per heavy atom. The maximum atomic E-state index is 11.4. The molecule has 1 aromatic carbocycles. The van der Waals surface area contributed by atoms with Gasteiger partial charge in [0.25, 0.3) is 5.91 Å². The van der Waals surface area contributed by atoms with Gasteiger partial charge in [-0.2, -0.15) is 0 Å². The number of hydrogen-bond acceptors (Lipinski definition) is 4. The fourth-order valence-electron chi connectivity index (χ4n) is 1.31. The number of rotatable bonds is 6. The van der Waals surface area contributed by atoms with Crippen LogP contribution in [0, 0.1) is 6.92 Å². The molecule has 0 atom stereocenters. The Bertz CT molecular complexity index is 547. The van der Waals surface area contributed by atoms with Gasteiger partial charge in [0, 0.05) is 11.4 Å². The zero-order chi connectivity index (χ0) is 15.8. The van der Waals surface area contributed by atoms with E-state index in [1.807, 2.05) is 0 Å². The number of benzene rings is 1. The maximum Gasteiger partial charge on any atom is 0.303 e. The van der Waals surface area contributed by atoms with E-state index in [0.29, 0.717) is 10.8 Å². The summed E-state index contributed by atoms with van der Waals surface area (Å²) in [5, 5.41) is 8.99. The van der Waals surface area contributed by atoms with Gasteiger partial charge in [-0.25, -0.2) is 0 Å². The lowest BCUT2D eigenvalue weighted by atomic mass is 10.2. The summed E-state index contributed by atoms with van der Waals surface area (Å²) in [5.74, 6) is -1.76. The van der Waals surface area contributed by atoms with E-state index in [2.05, 4.69) is 10.9 Å². The van der Waals surface area contributed by atoms with Gasteiger partial charge in [-0.05, 0) is 30.7 Å². The highest BCUT2D eigenvalue weighted by atomic mass is 35.5. The molecule has 1 aromatic rings. The zero-order valence-electron chi connectivity index (χ0n) is 11.3. The van der Waals surface area contributed by atoms with Gasteiger partial charge in [0.05, 0.1) is 6.42 Å². The Morgan fingerprint density at radius 2 is 1.86 bits per heavy atom. The number of amides is 2. The molecule has 0 aromatic heterocycles. The second kappa shape index (κ2) is 8.11. The maximum absolute atomic E-state index is 11.4. The SMILES string of the molecule is Cc1cc(OCC(=O)NNC(=O)CCC(=O)O)ccc1Cl. The van der Waals surface area contributed by atoms with Crippen LogP contribution < -0.4 is 15.6 Å². The summed E-state index contributed by atoms with van der Waals surface area (Å²) >= 11 is 5.86. The molecule has 0 unspecified atom stereocenters. The summed E-state index contributed by atoms with van der Waals surface area (Å²) in [5.41, 5.74) is 5.03. The quantitative estimate of drug-likeness (QED) is 0.680. The van der Waals surface area contributed by atoms with Gasteiger partial charge in [0.1, 0.15) is 5.75 Å². The van der Waals surface area contributed by atoms with Crippen LogP contribution in [0.25, 0.3) is 0 Å². The van der Waals surface area contributed by atoms with Gasteiger partial charge in [-0.15, -0.1) is 0 Å². The van der Waals surface area contributed by atoms with E-state index in [4.69, 9.17) is 21.4 Å². The predicted molar refractivity (Wildman–Crippen MR) is 74.8 cm³/mol. The highest BCUT2D eigenvalue weighted by Crippen LogP contribution is 2.20. The molecule has 3 N–H and O–H groups in total. The lowest BCUT2D eigenvalue weighted by molar-refractivity contribution is -0.139. The molecule has 1 rings (SSSR count). The zero-order valence-corrected chi connectivity index (χ0v) is 12.1. The van der Waals surface area contributed by atoms with Crippen LogP contribution in [0.3, 0.4) is 0 Å². The molecule has 0 radical (unpaired) electrons. The number of carbonyl (C=O) groups excluding carboxylic acids is 2. The molecule has 2 amide bonds. The number of nitrogens with one attached hydrogen (secondary N) is 2. The van der Waals surface area contributed by atoms with E-state index >= 15 is 0 Å². The van der Waals surface area contributed by atoms with E-state index in [-0.39, 0.29) is 19.4 Å². The predicted octanol–water partition coefficient (Wildman–Crippen LogP) is 1.04. The summed E-state index contributed by atoms with van der Waals surface area (Å²) in [6.07, 6.45) is -0.519. The Labute approximate surface area is 126 Å². The van der Waals surface area contributed by atoms with Crippen molar-refractivity contribution in [2.75, 3.05) is 6.61 Å². The Hall–Kier alpha value is -2.28. The monoisotopic (exact) mass is 314 g/mol. The molecule has 21 heavy (non-hydrogen) atoms. The third-order valence-electron chi connectivity index (χ3n) is 2.41. The van der Waals surface area contributed by atoms with Crippen molar-refractivity contribution in [2.45, 2.75) is 19.8 Å². The van der Waals surface area contributed by atoms with Crippen molar-refractivity contribution >= 4 is 29.4 Å². The van der Waals surface area contributed by atoms with Crippen molar-refractivity contribution < 1.29 is 24.2 Å². The topological polar surface area (TPSA) is 105 Å². The number of carboxylic acid groups (broad SMARTS) is 1. The molecule has 0 heterocycles. The number of halogens is 1. The van der Waals surface area contributed by atoms with Gasteiger partial charge in [0.15, 0.2) is 6.61 Å². The molecule has 0 spiro atoms. The molecule has 0 aliphatic rings. The van der Waals surface area contributed by atoms with Crippen molar-refractivity contribution in [3.05, 3.63) is 28.8 Å². The molecular formula is C13H15ClN2O5. The summed E-state index contributed by atoms with van der Waals surface area (Å²) in [6, 6.07) is 4.95. The van der Waals surface area contributed by atoms with Crippen LogP contribution in [-0.2, 0) is 14.4 Å². The van der Waals surface area contributed by atoms with Crippen LogP contribution in [0.5, 0.6) is 5.75 Å². The Morgan fingerprint density at radius 3 is 2.48 bits per heavy atom. The summed E-state index contributed by atoms with van der Waals surface area (Å²) in [7, 11) is 0. The van der Waals surface area contributed by atoms with Crippen molar-refractivity contribution in [1.29, 1.82) is 0 Å². The third kappa shape index (κ3) is 6.62. The first kappa shape index (κ1) is 16.8. The fourth-order valence-corrected chi connectivity index (χ4v) is 1.43. The minimum Gasteiger partial charge on any atom is -0.484 e. The standard InChI is InChI=1S/C13H15ClN2O5/c1-8-6-9(2-3-10(8)14)21-7-12(18)16-15-11(17)4-5-13(19)20/h2-3,6H,4-5,7H2,1H3,(H,15,17)(H,16,18)(H,19,20). The second-order valence-electron chi connectivity index (χ2n) is 4.19. The summed E-state index contributed by atoms with van der Waals surface area (Å²) in [6.45, 7) is 1.51. The molecule has 0 fully saturated rings. The smallest absolute Gasteiger partial charge is 0.303 e. The van der Waals surface area contributed by atoms with Crippen LogP contribution in [0.4, 0.5) is 0 Å². The van der Waals surface area contributed by atoms with Gasteiger partial charge in [0.2, 0.25) is 5.91 Å². The number of hydrazine groups is 1. The van der Waals surface area contributed by atoms with E-state index < -0.39 is 17.8 Å². The molecular weight excluding hydrogens is 300 g/mol.